The van der Waals surface area contributed by atoms with E-state index in [9.17, 15) is 0 Å². The van der Waals surface area contributed by atoms with Crippen LogP contribution < -0.4 is 5.73 Å². The number of nitrogens with zero attached hydrogens (tertiary/aromatic N) is 3. The van der Waals surface area contributed by atoms with Gasteiger partial charge in [-0.1, -0.05) is 152 Å². The van der Waals surface area contributed by atoms with Crippen molar-refractivity contribution in [2.45, 2.75) is 6.54 Å². The Morgan fingerprint density at radius 1 is 0.500 bits per heavy atom. The van der Waals surface area contributed by atoms with Crippen molar-refractivity contribution in [1.82, 2.24) is 4.57 Å². The van der Waals surface area contributed by atoms with Crippen LogP contribution in [0.5, 0.6) is 0 Å². The van der Waals surface area contributed by atoms with Gasteiger partial charge in [-0.15, -0.1) is 0 Å². The number of furan rings is 1. The zero-order valence-corrected chi connectivity index (χ0v) is 30.5. The minimum atomic E-state index is 0.398. The van der Waals surface area contributed by atoms with E-state index >= 15 is 0 Å². The van der Waals surface area contributed by atoms with Crippen LogP contribution in [0.1, 0.15) is 16.7 Å². The molecule has 56 heavy (non-hydrogen) atoms. The number of aliphatic imine (C=N–C) groups is 2. The van der Waals surface area contributed by atoms with Crippen LogP contribution in [0.3, 0.4) is 0 Å². The molecule has 0 aliphatic heterocycles. The van der Waals surface area contributed by atoms with Crippen molar-refractivity contribution in [1.29, 1.82) is 0 Å². The minimum Gasteiger partial charge on any atom is -0.455 e. The summed E-state index contributed by atoms with van der Waals surface area (Å²) >= 11 is 0. The molecule has 10 rings (SSSR count). The summed E-state index contributed by atoms with van der Waals surface area (Å²) in [6.07, 6.45) is 0. The van der Waals surface area contributed by atoms with E-state index in [0.717, 1.165) is 77.4 Å². The predicted octanol–water partition coefficient (Wildman–Crippen LogP) is 12.4. The topological polar surface area (TPSA) is 68.8 Å². The number of nitrogens with two attached hydrogens (primary N) is 1. The van der Waals surface area contributed by atoms with E-state index in [1.807, 2.05) is 60.7 Å². The molecule has 0 radical (unpaired) electrons. The Bertz CT molecular complexity index is 3120. The Morgan fingerprint density at radius 2 is 1.18 bits per heavy atom. The van der Waals surface area contributed by atoms with Gasteiger partial charge in [-0.05, 0) is 64.7 Å². The smallest absolute Gasteiger partial charge is 0.157 e. The van der Waals surface area contributed by atoms with E-state index in [0.29, 0.717) is 18.2 Å². The molecule has 8 aromatic carbocycles. The lowest BCUT2D eigenvalue weighted by molar-refractivity contribution is 0.670. The number of fused-ring (bicyclic) bond motifs is 6. The lowest BCUT2D eigenvalue weighted by atomic mass is 10.0. The largest absolute Gasteiger partial charge is 0.455 e. The van der Waals surface area contributed by atoms with E-state index < -0.39 is 0 Å². The first-order chi connectivity index (χ1) is 27.7. The lowest BCUT2D eigenvalue weighted by Gasteiger charge is -2.11. The highest BCUT2D eigenvalue weighted by Crippen LogP contribution is 2.39. The number of benzene rings is 8. The maximum atomic E-state index is 6.86. The zero-order chi connectivity index (χ0) is 37.4. The van der Waals surface area contributed by atoms with E-state index in [1.54, 1.807) is 0 Å². The average molecular weight is 721 g/mol. The van der Waals surface area contributed by atoms with Crippen molar-refractivity contribution in [3.63, 3.8) is 0 Å². The standard InChI is InChI=1S/C51H36N4O/c52-50(54-51(36-17-5-2-6-18-36)53-33-34-14-11-19-37(30-34)35-15-3-1-4-16-35)39-20-12-21-40(31-39)55-46-26-9-7-22-42(46)45-32-38(28-29-47(45)55)41-24-13-25-44-43-23-8-10-27-48(43)56-49(41)44/h1-32H,33H2,(H2,52,53,54). The average Bonchev–Trinajstić information content (AvgIpc) is 3.81. The summed E-state index contributed by atoms with van der Waals surface area (Å²) in [4.78, 5) is 9.99. The van der Waals surface area contributed by atoms with Crippen molar-refractivity contribution in [2.75, 3.05) is 0 Å². The van der Waals surface area contributed by atoms with Crippen LogP contribution in [-0.4, -0.2) is 16.2 Å². The highest BCUT2D eigenvalue weighted by molar-refractivity contribution is 6.14. The highest BCUT2D eigenvalue weighted by atomic mass is 16.3. The number of amidine groups is 2. The molecule has 0 amide bonds. The van der Waals surface area contributed by atoms with Crippen molar-refractivity contribution >= 4 is 55.4 Å². The van der Waals surface area contributed by atoms with E-state index in [1.165, 1.54) is 10.9 Å². The molecular weight excluding hydrogens is 685 g/mol. The third-order valence-electron chi connectivity index (χ3n) is 10.5. The molecule has 0 unspecified atom stereocenters. The summed E-state index contributed by atoms with van der Waals surface area (Å²) in [5, 5.41) is 4.58. The van der Waals surface area contributed by atoms with Gasteiger partial charge in [-0.25, -0.2) is 4.99 Å². The van der Waals surface area contributed by atoms with Crippen molar-refractivity contribution in [3.8, 4) is 27.9 Å². The molecule has 0 saturated heterocycles. The molecule has 5 heteroatoms. The monoisotopic (exact) mass is 720 g/mol. The van der Waals surface area contributed by atoms with Crippen molar-refractivity contribution in [2.24, 2.45) is 15.7 Å². The second-order valence-electron chi connectivity index (χ2n) is 14.0. The summed E-state index contributed by atoms with van der Waals surface area (Å²) in [6, 6.07) is 67.1. The predicted molar refractivity (Wildman–Crippen MR) is 233 cm³/mol. The summed E-state index contributed by atoms with van der Waals surface area (Å²) < 4.78 is 8.73. The maximum Gasteiger partial charge on any atom is 0.157 e. The first kappa shape index (κ1) is 33.1. The third-order valence-corrected chi connectivity index (χ3v) is 10.5. The molecule has 0 bridgehead atoms. The summed E-state index contributed by atoms with van der Waals surface area (Å²) in [7, 11) is 0. The zero-order valence-electron chi connectivity index (χ0n) is 30.5. The van der Waals surface area contributed by atoms with Gasteiger partial charge in [0.2, 0.25) is 0 Å². The van der Waals surface area contributed by atoms with Gasteiger partial charge in [0.15, 0.2) is 5.84 Å². The minimum absolute atomic E-state index is 0.398. The molecule has 0 saturated carbocycles. The van der Waals surface area contributed by atoms with Gasteiger partial charge in [0.05, 0.1) is 17.6 Å². The van der Waals surface area contributed by atoms with Crippen molar-refractivity contribution in [3.05, 3.63) is 211 Å². The second kappa shape index (κ2) is 14.0. The third kappa shape index (κ3) is 6.02. The first-order valence-corrected chi connectivity index (χ1v) is 18.8. The molecule has 0 fully saturated rings. The number of rotatable bonds is 7. The van der Waals surface area contributed by atoms with E-state index in [-0.39, 0.29) is 0 Å². The van der Waals surface area contributed by atoms with Gasteiger partial charge in [0.1, 0.15) is 17.0 Å². The molecule has 0 spiro atoms. The van der Waals surface area contributed by atoms with Crippen LogP contribution in [0.4, 0.5) is 0 Å². The van der Waals surface area contributed by atoms with Gasteiger partial charge in [0.25, 0.3) is 0 Å². The summed E-state index contributed by atoms with van der Waals surface area (Å²) in [6.45, 7) is 0.468. The van der Waals surface area contributed by atoms with Gasteiger partial charge >= 0.3 is 0 Å². The molecule has 0 aliphatic carbocycles. The van der Waals surface area contributed by atoms with E-state index in [2.05, 4.69) is 138 Å². The van der Waals surface area contributed by atoms with Crippen molar-refractivity contribution < 1.29 is 4.42 Å². The molecular formula is C51H36N4O. The molecule has 10 aromatic rings. The molecule has 2 aromatic heterocycles. The fourth-order valence-corrected chi connectivity index (χ4v) is 7.80. The molecule has 266 valence electrons. The van der Waals surface area contributed by atoms with Gasteiger partial charge < -0.3 is 14.7 Å². The maximum absolute atomic E-state index is 6.86. The van der Waals surface area contributed by atoms with Crippen LogP contribution in [0.25, 0.3) is 71.7 Å². The lowest BCUT2D eigenvalue weighted by Crippen LogP contribution is -2.17. The number of hydrogen-bond acceptors (Lipinski definition) is 2. The number of para-hydroxylation sites is 3. The van der Waals surface area contributed by atoms with Gasteiger partial charge in [-0.2, -0.15) is 0 Å². The fraction of sp³-hybridized carbons (Fsp3) is 0.0196. The van der Waals surface area contributed by atoms with Crippen LogP contribution >= 0.6 is 0 Å². The second-order valence-corrected chi connectivity index (χ2v) is 14.0. The Kier molecular flexibility index (Phi) is 8.30. The first-order valence-electron chi connectivity index (χ1n) is 18.8. The number of hydrogen-bond donors (Lipinski definition) is 1. The molecule has 0 atom stereocenters. The van der Waals surface area contributed by atoms with Crippen LogP contribution in [-0.2, 0) is 6.54 Å². The van der Waals surface area contributed by atoms with Crippen LogP contribution in [0, 0.1) is 0 Å². The normalized spacial score (nSPS) is 12.3. The van der Waals surface area contributed by atoms with Gasteiger partial charge in [0, 0.05) is 43.9 Å². The fourth-order valence-electron chi connectivity index (χ4n) is 7.80. The Labute approximate surface area is 324 Å². The van der Waals surface area contributed by atoms with Crippen LogP contribution in [0.15, 0.2) is 209 Å². The molecule has 5 nitrogen and oxygen atoms in total. The van der Waals surface area contributed by atoms with Gasteiger partial charge in [-0.3, -0.25) is 4.99 Å². The molecule has 0 aliphatic rings. The molecule has 2 N–H and O–H groups in total. The van der Waals surface area contributed by atoms with E-state index in [4.69, 9.17) is 20.1 Å². The Hall–Kier alpha value is -7.50. The quantitative estimate of drug-likeness (QED) is 0.132. The number of aromatic nitrogens is 1. The summed E-state index contributed by atoms with van der Waals surface area (Å²) in [5.74, 6) is 0.983. The summed E-state index contributed by atoms with van der Waals surface area (Å²) in [5.41, 5.74) is 19.2. The highest BCUT2D eigenvalue weighted by Gasteiger charge is 2.17. The SMILES string of the molecule is NC(=NC(=NCc1cccc(-c2ccccc2)c1)c1ccccc1)c1cccc(-n2c3ccccc3c3cc(-c4cccc5c4oc4ccccc45)ccc32)c1. The molecule has 2 heterocycles. The Balaban J connectivity index is 1.03. The van der Waals surface area contributed by atoms with Crippen LogP contribution in [0.2, 0.25) is 0 Å². The Morgan fingerprint density at radius 3 is 2.05 bits per heavy atom.